The molecule has 0 bridgehead atoms. The number of hydrogen-bond acceptors (Lipinski definition) is 8. The molecule has 2 aliphatic rings. The van der Waals surface area contributed by atoms with Crippen LogP contribution in [0.4, 0.5) is 11.8 Å². The number of aromatic amines is 1. The number of anilines is 2. The van der Waals surface area contributed by atoms with Crippen molar-refractivity contribution in [2.24, 2.45) is 0 Å². The van der Waals surface area contributed by atoms with Gasteiger partial charge in [0.2, 0.25) is 5.95 Å². The van der Waals surface area contributed by atoms with E-state index in [1.54, 1.807) is 0 Å². The van der Waals surface area contributed by atoms with Gasteiger partial charge in [0.05, 0.1) is 17.9 Å². The molecule has 0 spiro atoms. The van der Waals surface area contributed by atoms with Crippen LogP contribution in [0.15, 0.2) is 12.1 Å². The first kappa shape index (κ1) is 25.9. The van der Waals surface area contributed by atoms with Crippen molar-refractivity contribution in [2.75, 3.05) is 43.4 Å². The monoisotopic (exact) mass is 483 g/mol. The maximum absolute atomic E-state index is 4.67. The van der Waals surface area contributed by atoms with Gasteiger partial charge in [-0.15, -0.1) is 0 Å². The van der Waals surface area contributed by atoms with E-state index < -0.39 is 0 Å². The Hall–Kier alpha value is -2.23. The molecule has 0 aromatic carbocycles. The second-order valence-corrected chi connectivity index (χ2v) is 10.1. The van der Waals surface area contributed by atoms with Crippen LogP contribution in [-0.4, -0.2) is 65.0 Å². The van der Waals surface area contributed by atoms with E-state index in [2.05, 4.69) is 52.8 Å². The lowest BCUT2D eigenvalue weighted by molar-refractivity contribution is 0.371. The average Bonchev–Trinajstić information content (AvgIpc) is 3.33. The van der Waals surface area contributed by atoms with E-state index in [0.29, 0.717) is 18.5 Å². The summed E-state index contributed by atoms with van der Waals surface area (Å²) in [6.07, 6.45) is 12.5. The van der Waals surface area contributed by atoms with Gasteiger partial charge in [0, 0.05) is 23.8 Å². The maximum Gasteiger partial charge on any atom is 0.225 e. The fourth-order valence-corrected chi connectivity index (χ4v) is 5.04. The molecule has 2 aromatic heterocycles. The Morgan fingerprint density at radius 1 is 0.914 bits per heavy atom. The molecule has 2 aromatic rings. The van der Waals surface area contributed by atoms with Crippen LogP contribution in [0.2, 0.25) is 0 Å². The van der Waals surface area contributed by atoms with Gasteiger partial charge in [-0.3, -0.25) is 5.10 Å². The Kier molecular flexibility index (Phi) is 10.6. The molecule has 194 valence electrons. The number of nitrogens with one attached hydrogen (secondary N) is 6. The molecule has 0 atom stereocenters. The van der Waals surface area contributed by atoms with Crippen LogP contribution in [0.5, 0.6) is 0 Å². The summed E-state index contributed by atoms with van der Waals surface area (Å²) in [5, 5.41) is 25.2. The van der Waals surface area contributed by atoms with Crippen LogP contribution < -0.4 is 26.6 Å². The van der Waals surface area contributed by atoms with Crippen molar-refractivity contribution in [3.8, 4) is 0 Å². The van der Waals surface area contributed by atoms with Crippen molar-refractivity contribution in [3.63, 3.8) is 0 Å². The first-order chi connectivity index (χ1) is 17.2. The zero-order chi connectivity index (χ0) is 24.1. The molecule has 0 amide bonds. The Balaban J connectivity index is 1.09. The van der Waals surface area contributed by atoms with Gasteiger partial charge < -0.3 is 26.6 Å². The summed E-state index contributed by atoms with van der Waals surface area (Å²) in [6, 6.07) is 5.40. The largest absolute Gasteiger partial charge is 0.367 e. The molecule has 0 radical (unpaired) electrons. The van der Waals surface area contributed by atoms with Crippen LogP contribution in [0.1, 0.15) is 74.9 Å². The number of nitrogens with zero attached hydrogens (tertiary/aromatic N) is 3. The van der Waals surface area contributed by atoms with Crippen molar-refractivity contribution < 1.29 is 0 Å². The minimum Gasteiger partial charge on any atom is -0.367 e. The Morgan fingerprint density at radius 2 is 1.74 bits per heavy atom. The van der Waals surface area contributed by atoms with Crippen LogP contribution >= 0.6 is 0 Å². The van der Waals surface area contributed by atoms with Crippen molar-refractivity contribution in [1.82, 2.24) is 36.1 Å². The summed E-state index contributed by atoms with van der Waals surface area (Å²) >= 11 is 0. The molecular weight excluding hydrogens is 438 g/mol. The molecule has 3 heterocycles. The molecule has 0 unspecified atom stereocenters. The normalized spacial score (nSPS) is 17.5. The minimum atomic E-state index is 0.473. The third-order valence-corrected chi connectivity index (χ3v) is 7.02. The first-order valence-corrected chi connectivity index (χ1v) is 13.8. The second-order valence-electron chi connectivity index (χ2n) is 10.1. The molecule has 9 nitrogen and oxygen atoms in total. The Labute approximate surface area is 210 Å². The van der Waals surface area contributed by atoms with Gasteiger partial charge in [-0.25, -0.2) is 4.98 Å². The second kappa shape index (κ2) is 14.4. The summed E-state index contributed by atoms with van der Waals surface area (Å²) < 4.78 is 0. The van der Waals surface area contributed by atoms with Crippen LogP contribution in [0.25, 0.3) is 0 Å². The maximum atomic E-state index is 4.67. The van der Waals surface area contributed by atoms with E-state index in [1.165, 1.54) is 38.5 Å². The zero-order valence-corrected chi connectivity index (χ0v) is 21.5. The number of aryl methyl sites for hydroxylation is 2. The lowest BCUT2D eigenvalue weighted by atomic mass is 9.95. The van der Waals surface area contributed by atoms with Gasteiger partial charge >= 0.3 is 0 Å². The highest BCUT2D eigenvalue weighted by Crippen LogP contribution is 2.17. The summed E-state index contributed by atoms with van der Waals surface area (Å²) in [4.78, 5) is 9.21. The predicted octanol–water partition coefficient (Wildman–Crippen LogP) is 3.12. The lowest BCUT2D eigenvalue weighted by Crippen LogP contribution is -2.35. The highest BCUT2D eigenvalue weighted by atomic mass is 15.2. The first-order valence-electron chi connectivity index (χ1n) is 13.8. The third kappa shape index (κ3) is 9.39. The van der Waals surface area contributed by atoms with Crippen molar-refractivity contribution in [3.05, 3.63) is 29.2 Å². The van der Waals surface area contributed by atoms with Crippen molar-refractivity contribution in [1.29, 1.82) is 0 Å². The third-order valence-electron chi connectivity index (χ3n) is 7.02. The molecule has 2 fully saturated rings. The predicted molar refractivity (Wildman–Crippen MR) is 143 cm³/mol. The molecule has 1 saturated heterocycles. The van der Waals surface area contributed by atoms with Crippen molar-refractivity contribution >= 4 is 11.8 Å². The molecule has 1 saturated carbocycles. The molecule has 1 aliphatic carbocycles. The summed E-state index contributed by atoms with van der Waals surface area (Å²) in [7, 11) is 0. The summed E-state index contributed by atoms with van der Waals surface area (Å²) in [5.41, 5.74) is 3.13. The quantitative estimate of drug-likeness (QED) is 0.227. The average molecular weight is 484 g/mol. The highest BCUT2D eigenvalue weighted by molar-refractivity contribution is 5.43. The number of rotatable bonds is 14. The van der Waals surface area contributed by atoms with E-state index in [4.69, 9.17) is 0 Å². The molecule has 4 rings (SSSR count). The zero-order valence-electron chi connectivity index (χ0n) is 21.5. The van der Waals surface area contributed by atoms with Crippen LogP contribution in [-0.2, 0) is 13.0 Å². The molecule has 35 heavy (non-hydrogen) atoms. The fraction of sp³-hybridized carbons (Fsp3) is 0.731. The van der Waals surface area contributed by atoms with E-state index in [0.717, 1.165) is 87.3 Å². The van der Waals surface area contributed by atoms with E-state index in [9.17, 15) is 0 Å². The van der Waals surface area contributed by atoms with Gasteiger partial charge in [0.15, 0.2) is 0 Å². The van der Waals surface area contributed by atoms with Gasteiger partial charge in [0.25, 0.3) is 0 Å². The van der Waals surface area contributed by atoms with Crippen LogP contribution in [0, 0.1) is 6.92 Å². The Morgan fingerprint density at radius 3 is 2.60 bits per heavy atom. The smallest absolute Gasteiger partial charge is 0.225 e. The number of H-pyrrole nitrogens is 1. The van der Waals surface area contributed by atoms with Crippen LogP contribution in [0.3, 0.4) is 0 Å². The molecule has 1 aliphatic heterocycles. The van der Waals surface area contributed by atoms with Gasteiger partial charge in [-0.2, -0.15) is 10.1 Å². The van der Waals surface area contributed by atoms with E-state index >= 15 is 0 Å². The summed E-state index contributed by atoms with van der Waals surface area (Å²) in [6.45, 7) is 8.01. The summed E-state index contributed by atoms with van der Waals surface area (Å²) in [5.74, 6) is 1.55. The number of piperidine rings is 1. The number of aromatic nitrogens is 4. The fourth-order valence-electron chi connectivity index (χ4n) is 5.04. The van der Waals surface area contributed by atoms with E-state index in [-0.39, 0.29) is 0 Å². The van der Waals surface area contributed by atoms with Gasteiger partial charge in [-0.05, 0) is 90.7 Å². The number of hydrogen-bond donors (Lipinski definition) is 6. The molecular formula is C26H45N9. The topological polar surface area (TPSA) is 115 Å². The Bertz CT molecular complexity index is 856. The SMILES string of the molecule is Cc1cc(NC2CCNCC2)nc(NCc2cc(CCCNCCCNC3CCCCC3)n[nH]2)n1. The van der Waals surface area contributed by atoms with Crippen molar-refractivity contribution in [2.45, 2.75) is 89.8 Å². The molecule has 9 heteroatoms. The minimum absolute atomic E-state index is 0.473. The van der Waals surface area contributed by atoms with E-state index in [1.807, 2.05) is 13.0 Å². The van der Waals surface area contributed by atoms with Gasteiger partial charge in [-0.1, -0.05) is 19.3 Å². The van der Waals surface area contributed by atoms with Gasteiger partial charge in [0.1, 0.15) is 5.82 Å². The lowest BCUT2D eigenvalue weighted by Gasteiger charge is -2.24. The highest BCUT2D eigenvalue weighted by Gasteiger charge is 2.14. The standard InChI is InChI=1S/C26H45N9/c1-20-17-25(32-22-10-15-28-16-11-22)33-26(31-20)30-19-24-18-23(34-35-24)9-5-12-27-13-6-14-29-21-7-3-2-4-8-21/h17-18,21-22,27-29H,2-16,19H2,1H3,(H,34,35)(H2,30,31,32,33). The molecule has 6 N–H and O–H groups in total.